The molecule has 2 atom stereocenters. The topological polar surface area (TPSA) is 88.2 Å². The number of amides is 4. The first-order valence-electron chi connectivity index (χ1n) is 17.4. The fourth-order valence-corrected chi connectivity index (χ4v) is 7.99. The molecule has 1 N–H and O–H groups in total. The lowest BCUT2D eigenvalue weighted by Gasteiger charge is -2.44. The molecule has 0 saturated carbocycles. The molecule has 0 aliphatic carbocycles. The molecule has 0 aromatic heterocycles. The summed E-state index contributed by atoms with van der Waals surface area (Å²) in [4.78, 5) is 44.8. The second kappa shape index (κ2) is 14.0. The summed E-state index contributed by atoms with van der Waals surface area (Å²) < 4.78 is 11.6. The Morgan fingerprint density at radius 1 is 0.788 bits per heavy atom. The predicted octanol–water partition coefficient (Wildman–Crippen LogP) is 8.47. The third kappa shape index (κ3) is 6.20. The molecule has 1 fully saturated rings. The lowest BCUT2D eigenvalue weighted by molar-refractivity contribution is -0.122. The van der Waals surface area contributed by atoms with Crippen molar-refractivity contribution in [3.05, 3.63) is 159 Å². The van der Waals surface area contributed by atoms with Crippen LogP contribution in [0.1, 0.15) is 58.1 Å². The van der Waals surface area contributed by atoms with Gasteiger partial charge in [0.05, 0.1) is 17.8 Å². The quantitative estimate of drug-likeness (QED) is 0.129. The number of ether oxygens (including phenoxy) is 2. The fraction of sp³-hybridized carbons (Fsp3) is 0.186. The van der Waals surface area contributed by atoms with Gasteiger partial charge in [0.1, 0.15) is 12.2 Å². The average molecular weight is 710 g/mol. The van der Waals surface area contributed by atoms with Crippen molar-refractivity contribution in [2.24, 2.45) is 0 Å². The average Bonchev–Trinajstić information content (AvgIpc) is 3.17. The van der Waals surface area contributed by atoms with Gasteiger partial charge in [-0.05, 0) is 76.6 Å². The fourth-order valence-electron chi connectivity index (χ4n) is 7.72. The van der Waals surface area contributed by atoms with Crippen molar-refractivity contribution in [1.29, 1.82) is 0 Å². The highest BCUT2D eigenvalue weighted by molar-refractivity contribution is 6.39. The Morgan fingerprint density at radius 3 is 1.94 bits per heavy atom. The summed E-state index contributed by atoms with van der Waals surface area (Å²) in [5.41, 5.74) is 7.25. The first kappa shape index (κ1) is 33.3. The maximum atomic E-state index is 14.3. The molecule has 0 radical (unpaired) electrons. The Hall–Kier alpha value is -5.86. The first-order valence-corrected chi connectivity index (χ1v) is 17.8. The molecule has 3 aliphatic rings. The minimum atomic E-state index is -0.796. The van der Waals surface area contributed by atoms with Gasteiger partial charge in [0.2, 0.25) is 0 Å². The van der Waals surface area contributed by atoms with Gasteiger partial charge in [0, 0.05) is 30.6 Å². The highest BCUT2D eigenvalue weighted by Gasteiger charge is 2.40. The summed E-state index contributed by atoms with van der Waals surface area (Å²) in [5, 5.41) is 2.65. The van der Waals surface area contributed by atoms with Crippen LogP contribution in [-0.2, 0) is 16.2 Å². The molecule has 5 aromatic carbocycles. The zero-order valence-electron chi connectivity index (χ0n) is 28.6. The number of benzene rings is 5. The summed E-state index contributed by atoms with van der Waals surface area (Å²) in [6.07, 6.45) is 3.22. The smallest absolute Gasteiger partial charge is 0.335 e. The van der Waals surface area contributed by atoms with Gasteiger partial charge in [-0.25, -0.2) is 9.69 Å². The Balaban J connectivity index is 1.19. The van der Waals surface area contributed by atoms with E-state index in [1.54, 1.807) is 12.1 Å². The lowest BCUT2D eigenvalue weighted by atomic mass is 9.76. The zero-order chi connectivity index (χ0) is 35.8. The van der Waals surface area contributed by atoms with Crippen molar-refractivity contribution in [2.45, 2.75) is 31.3 Å². The molecule has 8 nitrogen and oxygen atoms in total. The van der Waals surface area contributed by atoms with E-state index in [0.29, 0.717) is 22.7 Å². The van der Waals surface area contributed by atoms with E-state index >= 15 is 0 Å². The number of imide groups is 2. The number of anilines is 2. The van der Waals surface area contributed by atoms with Gasteiger partial charge in [-0.15, -0.1) is 0 Å². The maximum Gasteiger partial charge on any atom is 0.335 e. The molecule has 8 rings (SSSR count). The minimum Gasteiger partial charge on any atom is -0.493 e. The molecule has 1 saturated heterocycles. The third-order valence-electron chi connectivity index (χ3n) is 10.1. The number of carbonyl (C=O) groups is 3. The third-order valence-corrected chi connectivity index (χ3v) is 10.4. The van der Waals surface area contributed by atoms with Crippen LogP contribution in [0.5, 0.6) is 11.5 Å². The van der Waals surface area contributed by atoms with E-state index in [-0.39, 0.29) is 29.0 Å². The van der Waals surface area contributed by atoms with E-state index in [1.165, 1.54) is 24.3 Å². The van der Waals surface area contributed by atoms with E-state index in [0.717, 1.165) is 53.2 Å². The van der Waals surface area contributed by atoms with Gasteiger partial charge < -0.3 is 14.4 Å². The Morgan fingerprint density at radius 2 is 1.37 bits per heavy atom. The first-order chi connectivity index (χ1) is 25.4. The van der Waals surface area contributed by atoms with Crippen LogP contribution in [0.2, 0.25) is 5.02 Å². The molecule has 260 valence electrons. The van der Waals surface area contributed by atoms with Crippen LogP contribution < -0.4 is 24.6 Å². The second-order valence-corrected chi connectivity index (χ2v) is 13.6. The van der Waals surface area contributed by atoms with Gasteiger partial charge in [-0.1, -0.05) is 103 Å². The second-order valence-electron chi connectivity index (χ2n) is 13.2. The van der Waals surface area contributed by atoms with Gasteiger partial charge in [0.25, 0.3) is 11.8 Å². The van der Waals surface area contributed by atoms with Crippen LogP contribution in [-0.4, -0.2) is 38.0 Å². The number of barbiturate groups is 1. The van der Waals surface area contributed by atoms with Crippen molar-refractivity contribution in [1.82, 2.24) is 5.32 Å². The van der Waals surface area contributed by atoms with E-state index in [4.69, 9.17) is 21.1 Å². The molecule has 4 amide bonds. The molecule has 52 heavy (non-hydrogen) atoms. The zero-order valence-corrected chi connectivity index (χ0v) is 29.3. The summed E-state index contributed by atoms with van der Waals surface area (Å²) >= 11 is 6.68. The van der Waals surface area contributed by atoms with E-state index < -0.39 is 17.8 Å². The summed E-state index contributed by atoms with van der Waals surface area (Å²) in [6, 6.07) is 36.7. The number of halogens is 1. The number of rotatable bonds is 8. The number of hydrogen-bond acceptors (Lipinski definition) is 6. The largest absolute Gasteiger partial charge is 0.493 e. The van der Waals surface area contributed by atoms with E-state index in [2.05, 4.69) is 34.5 Å². The maximum absolute atomic E-state index is 14.3. The SMILES string of the molecule is COc1cc(/C=C2\C(=O)NC(=O)N(c3cc4c5c(c3)[C@H](c3ccccc3)CCN5CC[C@H]4c3ccccc3)C2=O)cc(Cl)c1OCc1ccccc1. The lowest BCUT2D eigenvalue weighted by Crippen LogP contribution is -2.54. The molecule has 0 bridgehead atoms. The minimum absolute atomic E-state index is 0.0671. The summed E-state index contributed by atoms with van der Waals surface area (Å²) in [5.74, 6) is -0.708. The number of methoxy groups -OCH3 is 1. The number of hydrogen-bond donors (Lipinski definition) is 1. The Kier molecular flexibility index (Phi) is 8.99. The highest BCUT2D eigenvalue weighted by atomic mass is 35.5. The number of carbonyl (C=O) groups excluding carboxylic acids is 3. The predicted molar refractivity (Wildman–Crippen MR) is 202 cm³/mol. The van der Waals surface area contributed by atoms with Crippen molar-refractivity contribution in [3.8, 4) is 11.5 Å². The van der Waals surface area contributed by atoms with Crippen LogP contribution in [0.15, 0.2) is 121 Å². The van der Waals surface area contributed by atoms with Crippen LogP contribution in [0.3, 0.4) is 0 Å². The van der Waals surface area contributed by atoms with E-state index in [9.17, 15) is 14.4 Å². The molecule has 3 aliphatic heterocycles. The van der Waals surface area contributed by atoms with Crippen LogP contribution >= 0.6 is 11.6 Å². The van der Waals surface area contributed by atoms with Crippen molar-refractivity contribution >= 4 is 46.9 Å². The molecular weight excluding hydrogens is 674 g/mol. The highest BCUT2D eigenvalue weighted by Crippen LogP contribution is 2.50. The Bertz CT molecular complexity index is 2130. The van der Waals surface area contributed by atoms with Crippen LogP contribution in [0.25, 0.3) is 6.08 Å². The van der Waals surface area contributed by atoms with Crippen molar-refractivity contribution in [2.75, 3.05) is 30.0 Å². The van der Waals surface area contributed by atoms with Crippen molar-refractivity contribution in [3.63, 3.8) is 0 Å². The molecule has 0 spiro atoms. The standard InChI is InChI=1S/C43H36ClN3O5/c1-51-38-23-28(22-37(44)40(38)52-26-27-11-5-2-6-12-27)21-36-41(48)45-43(50)47(42(36)49)31-24-34-32(29-13-7-3-8-14-29)17-19-46-20-18-33(35(25-31)39(34)46)30-15-9-4-10-16-30/h2-16,21-25,32-33H,17-20,26H2,1H3,(H,45,48,50)/b36-21+/t32-,33-/m0/s1. The number of nitrogens with one attached hydrogen (secondary N) is 1. The number of urea groups is 1. The monoisotopic (exact) mass is 709 g/mol. The van der Waals surface area contributed by atoms with Crippen LogP contribution in [0, 0.1) is 0 Å². The van der Waals surface area contributed by atoms with Gasteiger partial charge in [-0.2, -0.15) is 0 Å². The molecule has 3 heterocycles. The summed E-state index contributed by atoms with van der Waals surface area (Å²) in [6.45, 7) is 2.09. The van der Waals surface area contributed by atoms with Gasteiger partial charge >= 0.3 is 6.03 Å². The summed E-state index contributed by atoms with van der Waals surface area (Å²) in [7, 11) is 1.49. The molecule has 0 unspecified atom stereocenters. The van der Waals surface area contributed by atoms with Crippen molar-refractivity contribution < 1.29 is 23.9 Å². The normalized spacial score (nSPS) is 19.0. The number of nitrogens with zero attached hydrogens (tertiary/aromatic N) is 2. The molecule has 9 heteroatoms. The van der Waals surface area contributed by atoms with Crippen LogP contribution in [0.4, 0.5) is 16.2 Å². The molecule has 5 aromatic rings. The van der Waals surface area contributed by atoms with E-state index in [1.807, 2.05) is 78.9 Å². The Labute approximate surface area is 307 Å². The molecular formula is C43H36ClN3O5. The van der Waals surface area contributed by atoms with Gasteiger partial charge in [-0.3, -0.25) is 14.9 Å². The van der Waals surface area contributed by atoms with Gasteiger partial charge in [0.15, 0.2) is 11.5 Å².